The van der Waals surface area contributed by atoms with Gasteiger partial charge in [-0.3, -0.25) is 0 Å². The second-order valence-electron chi connectivity index (χ2n) is 7.37. The van der Waals surface area contributed by atoms with Gasteiger partial charge in [0.05, 0.1) is 32.8 Å². The summed E-state index contributed by atoms with van der Waals surface area (Å²) in [5, 5.41) is 0. The van der Waals surface area contributed by atoms with E-state index in [-0.39, 0.29) is 12.3 Å². The maximum atomic E-state index is 12.4. The second-order valence-corrected chi connectivity index (χ2v) is 7.37. The molecule has 1 aromatic heterocycles. The van der Waals surface area contributed by atoms with E-state index in [9.17, 15) is 9.59 Å². The number of carbonyl (C=O) groups is 1. The number of hydrogen-bond acceptors (Lipinski definition) is 6. The number of carbonyl (C=O) groups excluding carboxylic acids is 1. The summed E-state index contributed by atoms with van der Waals surface area (Å²) in [5.41, 5.74) is 0.399. The Hall–Kier alpha value is -2.50. The first-order valence-electron chi connectivity index (χ1n) is 9.88. The van der Waals surface area contributed by atoms with Crippen molar-refractivity contribution < 1.29 is 23.4 Å². The van der Waals surface area contributed by atoms with Gasteiger partial charge in [0.2, 0.25) is 0 Å². The molecule has 0 N–H and O–H groups in total. The molecular weight excluding hydrogens is 360 g/mol. The van der Waals surface area contributed by atoms with E-state index < -0.39 is 17.2 Å². The first-order valence-corrected chi connectivity index (χ1v) is 9.88. The summed E-state index contributed by atoms with van der Waals surface area (Å²) < 4.78 is 22.5. The predicted octanol–water partition coefficient (Wildman–Crippen LogP) is 4.03. The summed E-state index contributed by atoms with van der Waals surface area (Å²) in [6.07, 6.45) is 7.95. The van der Waals surface area contributed by atoms with Crippen molar-refractivity contribution in [2.75, 3.05) is 14.2 Å². The zero-order chi connectivity index (χ0) is 20.3. The van der Waals surface area contributed by atoms with Crippen molar-refractivity contribution in [2.45, 2.75) is 63.9 Å². The number of fused-ring (bicyclic) bond motifs is 1. The van der Waals surface area contributed by atoms with Crippen LogP contribution >= 0.6 is 0 Å². The van der Waals surface area contributed by atoms with Crippen LogP contribution in [0.1, 0.15) is 63.2 Å². The van der Waals surface area contributed by atoms with E-state index in [1.165, 1.54) is 12.1 Å². The lowest BCUT2D eigenvalue weighted by Gasteiger charge is -2.44. The van der Waals surface area contributed by atoms with Gasteiger partial charge >= 0.3 is 11.6 Å². The number of ether oxygens (including phenoxy) is 3. The van der Waals surface area contributed by atoms with E-state index in [1.54, 1.807) is 14.2 Å². The highest BCUT2D eigenvalue weighted by atomic mass is 16.6. The minimum atomic E-state index is -0.901. The van der Waals surface area contributed by atoms with E-state index >= 15 is 0 Å². The summed E-state index contributed by atoms with van der Waals surface area (Å²) in [6.45, 7) is 4.20. The number of esters is 1. The van der Waals surface area contributed by atoms with E-state index in [1.807, 2.05) is 0 Å². The second kappa shape index (κ2) is 8.25. The molecule has 0 fully saturated rings. The molecule has 2 atom stereocenters. The van der Waals surface area contributed by atoms with Crippen LogP contribution in [-0.2, 0) is 20.7 Å². The first-order chi connectivity index (χ1) is 13.5. The number of hydrogen-bond donors (Lipinski definition) is 0. The number of methoxy groups -OCH3 is 2. The monoisotopic (exact) mass is 388 g/mol. The third kappa shape index (κ3) is 3.60. The highest BCUT2D eigenvalue weighted by molar-refractivity contribution is 5.86. The highest BCUT2D eigenvalue weighted by Gasteiger charge is 2.50. The summed E-state index contributed by atoms with van der Waals surface area (Å²) in [4.78, 5) is 24.5. The maximum Gasteiger partial charge on any atom is 0.339 e. The summed E-state index contributed by atoms with van der Waals surface area (Å²) in [5.74, 6) is 1.20. The molecule has 0 bridgehead atoms. The van der Waals surface area contributed by atoms with Crippen LogP contribution < -0.4 is 10.4 Å². The summed E-state index contributed by atoms with van der Waals surface area (Å²) in [7, 11) is 3.11. The largest absolute Gasteiger partial charge is 0.496 e. The van der Waals surface area contributed by atoms with Crippen LogP contribution in [0.5, 0.6) is 5.75 Å². The first kappa shape index (κ1) is 20.2. The van der Waals surface area contributed by atoms with Gasteiger partial charge in [-0.25, -0.2) is 9.59 Å². The molecule has 0 saturated carbocycles. The van der Waals surface area contributed by atoms with Crippen LogP contribution in [0.25, 0.3) is 0 Å². The van der Waals surface area contributed by atoms with Crippen molar-refractivity contribution in [3.8, 4) is 5.75 Å². The van der Waals surface area contributed by atoms with Crippen molar-refractivity contribution in [1.82, 2.24) is 0 Å². The summed E-state index contributed by atoms with van der Waals surface area (Å²) in [6, 6.07) is 1.39. The standard InChI is InChI=1S/C22H28O6/c1-5-7-9-15-16(25-3)10-20(24)28-22(15)12-14(8-6-2)21-17(26-4)11-19(23)27-18(21)13-22/h9-11,14H,5-8,12-13H2,1-4H3/b15-9-. The van der Waals surface area contributed by atoms with E-state index in [0.717, 1.165) is 36.8 Å². The van der Waals surface area contributed by atoms with Crippen LogP contribution in [0.4, 0.5) is 0 Å². The molecule has 6 heteroatoms. The molecule has 0 saturated heterocycles. The minimum absolute atomic E-state index is 0.0436. The van der Waals surface area contributed by atoms with Crippen LogP contribution in [0.2, 0.25) is 0 Å². The normalized spacial score (nSPS) is 25.3. The Morgan fingerprint density at radius 1 is 1.21 bits per heavy atom. The van der Waals surface area contributed by atoms with Crippen molar-refractivity contribution in [3.05, 3.63) is 51.3 Å². The van der Waals surface area contributed by atoms with Crippen molar-refractivity contribution in [3.63, 3.8) is 0 Å². The van der Waals surface area contributed by atoms with Gasteiger partial charge in [0.1, 0.15) is 22.9 Å². The smallest absolute Gasteiger partial charge is 0.339 e. The zero-order valence-corrected chi connectivity index (χ0v) is 17.0. The van der Waals surface area contributed by atoms with Crippen LogP contribution in [-0.4, -0.2) is 25.8 Å². The van der Waals surface area contributed by atoms with E-state index in [4.69, 9.17) is 18.6 Å². The van der Waals surface area contributed by atoms with Crippen LogP contribution in [0.15, 0.2) is 38.8 Å². The fourth-order valence-electron chi connectivity index (χ4n) is 4.40. The van der Waals surface area contributed by atoms with Crippen LogP contribution in [0.3, 0.4) is 0 Å². The van der Waals surface area contributed by atoms with Crippen molar-refractivity contribution >= 4 is 5.97 Å². The van der Waals surface area contributed by atoms with Gasteiger partial charge < -0.3 is 18.6 Å². The van der Waals surface area contributed by atoms with Gasteiger partial charge in [-0.1, -0.05) is 32.8 Å². The van der Waals surface area contributed by atoms with Gasteiger partial charge in [-0.15, -0.1) is 0 Å². The third-order valence-corrected chi connectivity index (χ3v) is 5.48. The summed E-state index contributed by atoms with van der Waals surface area (Å²) >= 11 is 0. The Balaban J connectivity index is 2.18. The predicted molar refractivity (Wildman–Crippen MR) is 104 cm³/mol. The molecule has 1 spiro atoms. The van der Waals surface area contributed by atoms with Crippen molar-refractivity contribution in [2.24, 2.45) is 0 Å². The minimum Gasteiger partial charge on any atom is -0.496 e. The maximum absolute atomic E-state index is 12.4. The van der Waals surface area contributed by atoms with Gasteiger partial charge in [0.25, 0.3) is 0 Å². The molecule has 1 aromatic rings. The van der Waals surface area contributed by atoms with Gasteiger partial charge in [0, 0.05) is 11.1 Å². The average molecular weight is 388 g/mol. The quantitative estimate of drug-likeness (QED) is 0.685. The molecule has 0 amide bonds. The molecule has 152 valence electrons. The van der Waals surface area contributed by atoms with Crippen molar-refractivity contribution in [1.29, 1.82) is 0 Å². The zero-order valence-electron chi connectivity index (χ0n) is 17.0. The molecule has 2 heterocycles. The Bertz CT molecular complexity index is 862. The molecular formula is C22H28O6. The van der Waals surface area contributed by atoms with Gasteiger partial charge in [-0.05, 0) is 25.2 Å². The van der Waals surface area contributed by atoms with Gasteiger partial charge in [-0.2, -0.15) is 0 Å². The number of allylic oxidation sites excluding steroid dienone is 1. The lowest BCUT2D eigenvalue weighted by Crippen LogP contribution is -2.47. The SMILES string of the molecule is CCC/C=C1/C(OC)=CC(=O)OC12Cc1oc(=O)cc(OC)c1C(CCC)C2. The molecule has 0 aromatic carbocycles. The lowest BCUT2D eigenvalue weighted by molar-refractivity contribution is -0.154. The van der Waals surface area contributed by atoms with Gasteiger partial charge in [0.15, 0.2) is 0 Å². The molecule has 1 aliphatic carbocycles. The molecule has 28 heavy (non-hydrogen) atoms. The topological polar surface area (TPSA) is 75.0 Å². The Morgan fingerprint density at radius 2 is 2.00 bits per heavy atom. The lowest BCUT2D eigenvalue weighted by atomic mass is 9.70. The van der Waals surface area contributed by atoms with E-state index in [0.29, 0.717) is 23.7 Å². The number of rotatable bonds is 6. The molecule has 2 aliphatic rings. The van der Waals surface area contributed by atoms with E-state index in [2.05, 4.69) is 19.9 Å². The Labute approximate surface area is 165 Å². The third-order valence-electron chi connectivity index (χ3n) is 5.48. The highest BCUT2D eigenvalue weighted by Crippen LogP contribution is 2.50. The molecule has 0 radical (unpaired) electrons. The Morgan fingerprint density at radius 3 is 2.64 bits per heavy atom. The fourth-order valence-corrected chi connectivity index (χ4v) is 4.40. The molecule has 2 unspecified atom stereocenters. The molecule has 6 nitrogen and oxygen atoms in total. The fraction of sp³-hybridized carbons (Fsp3) is 0.545. The average Bonchev–Trinajstić information content (AvgIpc) is 2.65. The Kier molecular flexibility index (Phi) is 5.96. The molecule has 3 rings (SSSR count). The molecule has 1 aliphatic heterocycles. The van der Waals surface area contributed by atoms with Crippen LogP contribution in [0, 0.1) is 0 Å². The number of unbranched alkanes of at least 4 members (excludes halogenated alkanes) is 1.